The van der Waals surface area contributed by atoms with E-state index in [4.69, 9.17) is 16.3 Å². The average Bonchev–Trinajstić information content (AvgIpc) is 2.98. The van der Waals surface area contributed by atoms with Crippen molar-refractivity contribution in [1.29, 1.82) is 0 Å². The Hall–Kier alpha value is -3.89. The zero-order chi connectivity index (χ0) is 30.1. The van der Waals surface area contributed by atoms with Crippen LogP contribution >= 0.6 is 11.6 Å². The molecule has 0 heterocycles. The Balaban J connectivity index is 1.36. The molecule has 0 atom stereocenters. The summed E-state index contributed by atoms with van der Waals surface area (Å²) in [6, 6.07) is 18.1. The number of nitrogens with one attached hydrogen (secondary N) is 2. The van der Waals surface area contributed by atoms with Crippen LogP contribution in [-0.4, -0.2) is 45.6 Å². The number of amides is 2. The maximum absolute atomic E-state index is 13.5. The third-order valence-electron chi connectivity index (χ3n) is 7.09. The summed E-state index contributed by atoms with van der Waals surface area (Å²) in [4.78, 5) is 25.0. The summed E-state index contributed by atoms with van der Waals surface area (Å²) in [6.07, 6.45) is 6.97. The van der Waals surface area contributed by atoms with Gasteiger partial charge in [-0.05, 0) is 104 Å². The van der Waals surface area contributed by atoms with Crippen LogP contribution < -0.4 is 19.8 Å². The third kappa shape index (κ3) is 8.56. The second-order valence-corrected chi connectivity index (χ2v) is 12.6. The van der Waals surface area contributed by atoms with E-state index in [2.05, 4.69) is 15.8 Å². The minimum Gasteiger partial charge on any atom is -0.484 e. The van der Waals surface area contributed by atoms with Gasteiger partial charge < -0.3 is 10.1 Å². The van der Waals surface area contributed by atoms with Gasteiger partial charge in [-0.15, -0.1) is 0 Å². The van der Waals surface area contributed by atoms with Crippen molar-refractivity contribution in [2.75, 3.05) is 17.5 Å². The number of aryl methyl sites for hydroxylation is 2. The Bertz CT molecular complexity index is 1520. The normalized spacial score (nSPS) is 14.0. The van der Waals surface area contributed by atoms with E-state index in [-0.39, 0.29) is 23.5 Å². The highest BCUT2D eigenvalue weighted by Crippen LogP contribution is 2.26. The van der Waals surface area contributed by atoms with Crippen LogP contribution in [0.5, 0.6) is 5.75 Å². The first-order valence-corrected chi connectivity index (χ1v) is 15.6. The minimum atomic E-state index is -4.08. The molecule has 0 aliphatic heterocycles. The van der Waals surface area contributed by atoms with E-state index in [0.717, 1.165) is 41.1 Å². The van der Waals surface area contributed by atoms with Crippen LogP contribution in [0.1, 0.15) is 48.8 Å². The first-order chi connectivity index (χ1) is 20.1. The quantitative estimate of drug-likeness (QED) is 0.231. The fraction of sp³-hybridized carbons (Fsp3) is 0.323. The van der Waals surface area contributed by atoms with Crippen LogP contribution in [0.3, 0.4) is 0 Å². The highest BCUT2D eigenvalue weighted by molar-refractivity contribution is 7.92. The van der Waals surface area contributed by atoms with Gasteiger partial charge in [0.25, 0.3) is 21.8 Å². The van der Waals surface area contributed by atoms with Crippen LogP contribution in [-0.2, 0) is 19.6 Å². The number of rotatable bonds is 11. The summed E-state index contributed by atoms with van der Waals surface area (Å²) in [5, 5.41) is 7.41. The SMILES string of the molecule is Cc1ccc(N(CC(=O)N/N=C\c2ccc(OCC(=O)NC3CCCCC3)cc2)S(=O)(=O)c2ccc(Cl)cc2)cc1C. The van der Waals surface area contributed by atoms with Gasteiger partial charge in [-0.1, -0.05) is 36.9 Å². The lowest BCUT2D eigenvalue weighted by atomic mass is 9.95. The molecule has 42 heavy (non-hydrogen) atoms. The van der Waals surface area contributed by atoms with Gasteiger partial charge in [0.15, 0.2) is 6.61 Å². The smallest absolute Gasteiger partial charge is 0.264 e. The van der Waals surface area contributed by atoms with Crippen molar-refractivity contribution in [3.63, 3.8) is 0 Å². The molecule has 0 saturated heterocycles. The van der Waals surface area contributed by atoms with E-state index < -0.39 is 22.5 Å². The molecule has 0 unspecified atom stereocenters. The van der Waals surface area contributed by atoms with Crippen LogP contribution in [0.15, 0.2) is 76.7 Å². The molecular weight excluding hydrogens is 576 g/mol. The number of nitrogens with zero attached hydrogens (tertiary/aromatic N) is 2. The van der Waals surface area contributed by atoms with Gasteiger partial charge in [-0.3, -0.25) is 13.9 Å². The molecule has 1 aliphatic carbocycles. The van der Waals surface area contributed by atoms with Gasteiger partial charge in [-0.2, -0.15) is 5.10 Å². The number of hydrogen-bond donors (Lipinski definition) is 2. The molecule has 9 nitrogen and oxygen atoms in total. The standard InChI is InChI=1S/C31H35ClN4O5S/c1-22-8-13-27(18-23(22)2)36(42(39,40)29-16-11-25(32)12-17-29)20-30(37)35-33-19-24-9-14-28(15-10-24)41-21-31(38)34-26-6-4-3-5-7-26/h8-19,26H,3-7,20-21H2,1-2H3,(H,34,38)(H,35,37)/b33-19-. The van der Waals surface area contributed by atoms with Crippen LogP contribution in [0.25, 0.3) is 0 Å². The number of hydrazone groups is 1. The van der Waals surface area contributed by atoms with E-state index >= 15 is 0 Å². The Morgan fingerprint density at radius 3 is 2.31 bits per heavy atom. The number of carbonyl (C=O) groups is 2. The Morgan fingerprint density at radius 2 is 1.64 bits per heavy atom. The molecule has 1 aliphatic rings. The number of halogens is 1. The maximum Gasteiger partial charge on any atom is 0.264 e. The lowest BCUT2D eigenvalue weighted by molar-refractivity contribution is -0.124. The lowest BCUT2D eigenvalue weighted by Crippen LogP contribution is -2.39. The topological polar surface area (TPSA) is 117 Å². The van der Waals surface area contributed by atoms with E-state index in [0.29, 0.717) is 22.0 Å². The Kier molecular flexibility index (Phi) is 10.6. The zero-order valence-electron chi connectivity index (χ0n) is 23.7. The number of benzene rings is 3. The van der Waals surface area contributed by atoms with Gasteiger partial charge in [0.1, 0.15) is 12.3 Å². The van der Waals surface area contributed by atoms with Gasteiger partial charge in [0, 0.05) is 11.1 Å². The number of ether oxygens (including phenoxy) is 1. The Labute approximate surface area is 252 Å². The zero-order valence-corrected chi connectivity index (χ0v) is 25.2. The van der Waals surface area contributed by atoms with Crippen molar-refractivity contribution >= 4 is 45.3 Å². The van der Waals surface area contributed by atoms with Crippen molar-refractivity contribution < 1.29 is 22.7 Å². The molecule has 2 N–H and O–H groups in total. The molecule has 222 valence electrons. The van der Waals surface area contributed by atoms with Gasteiger partial charge in [-0.25, -0.2) is 13.8 Å². The molecule has 3 aromatic carbocycles. The second-order valence-electron chi connectivity index (χ2n) is 10.3. The first kappa shape index (κ1) is 31.1. The van der Waals surface area contributed by atoms with Crippen LogP contribution in [0.2, 0.25) is 5.02 Å². The molecule has 1 saturated carbocycles. The van der Waals surface area contributed by atoms with Crippen molar-refractivity contribution in [2.45, 2.75) is 56.9 Å². The van der Waals surface area contributed by atoms with Crippen molar-refractivity contribution in [1.82, 2.24) is 10.7 Å². The van der Waals surface area contributed by atoms with Gasteiger partial charge >= 0.3 is 0 Å². The monoisotopic (exact) mass is 610 g/mol. The lowest BCUT2D eigenvalue weighted by Gasteiger charge is -2.24. The predicted octanol–water partition coefficient (Wildman–Crippen LogP) is 5.13. The van der Waals surface area contributed by atoms with E-state index in [1.54, 1.807) is 36.4 Å². The van der Waals surface area contributed by atoms with Gasteiger partial charge in [0.05, 0.1) is 16.8 Å². The highest BCUT2D eigenvalue weighted by atomic mass is 35.5. The van der Waals surface area contributed by atoms with E-state index in [9.17, 15) is 18.0 Å². The van der Waals surface area contributed by atoms with E-state index in [1.807, 2.05) is 19.9 Å². The van der Waals surface area contributed by atoms with Crippen molar-refractivity contribution in [2.24, 2.45) is 5.10 Å². The van der Waals surface area contributed by atoms with Crippen molar-refractivity contribution in [3.8, 4) is 5.75 Å². The molecule has 4 rings (SSSR count). The maximum atomic E-state index is 13.5. The number of anilines is 1. The fourth-order valence-corrected chi connectivity index (χ4v) is 6.13. The largest absolute Gasteiger partial charge is 0.484 e. The predicted molar refractivity (Wildman–Crippen MR) is 165 cm³/mol. The summed E-state index contributed by atoms with van der Waals surface area (Å²) in [5.74, 6) is -0.222. The molecular formula is C31H35ClN4O5S. The highest BCUT2D eigenvalue weighted by Gasteiger charge is 2.27. The molecule has 0 bridgehead atoms. The fourth-order valence-electron chi connectivity index (χ4n) is 4.59. The summed E-state index contributed by atoms with van der Waals surface area (Å²) >= 11 is 5.95. The molecule has 0 spiro atoms. The number of sulfonamides is 1. The number of carbonyl (C=O) groups excluding carboxylic acids is 2. The van der Waals surface area contributed by atoms with Crippen molar-refractivity contribution in [3.05, 3.63) is 88.4 Å². The molecule has 0 radical (unpaired) electrons. The van der Waals surface area contributed by atoms with E-state index in [1.165, 1.54) is 36.9 Å². The molecule has 0 aromatic heterocycles. The Morgan fingerprint density at radius 1 is 0.952 bits per heavy atom. The summed E-state index contributed by atoms with van der Waals surface area (Å²) in [5.41, 5.74) is 5.32. The summed E-state index contributed by atoms with van der Waals surface area (Å²) in [6.45, 7) is 3.25. The minimum absolute atomic E-state index is 0.00945. The molecule has 3 aromatic rings. The van der Waals surface area contributed by atoms with Crippen LogP contribution in [0, 0.1) is 13.8 Å². The second kappa shape index (κ2) is 14.3. The van der Waals surface area contributed by atoms with Gasteiger partial charge in [0.2, 0.25) is 0 Å². The molecule has 1 fully saturated rings. The summed E-state index contributed by atoms with van der Waals surface area (Å²) < 4.78 is 33.7. The summed E-state index contributed by atoms with van der Waals surface area (Å²) in [7, 11) is -4.08. The molecule has 11 heteroatoms. The average molecular weight is 611 g/mol. The van der Waals surface area contributed by atoms with Crippen LogP contribution in [0.4, 0.5) is 5.69 Å². The molecule has 2 amide bonds. The third-order valence-corrected chi connectivity index (χ3v) is 9.13. The first-order valence-electron chi connectivity index (χ1n) is 13.8. The number of hydrogen-bond acceptors (Lipinski definition) is 6.